The third-order valence-electron chi connectivity index (χ3n) is 3.03. The summed E-state index contributed by atoms with van der Waals surface area (Å²) in [5.74, 6) is -1.04. The molecule has 1 aromatic rings. The summed E-state index contributed by atoms with van der Waals surface area (Å²) in [4.78, 5) is 26.9. The van der Waals surface area contributed by atoms with Gasteiger partial charge in [0.15, 0.2) is 0 Å². The Kier molecular flexibility index (Phi) is 4.81. The maximum atomic E-state index is 11.0. The normalized spacial score (nSPS) is 18.0. The molecule has 104 valence electrons. The van der Waals surface area contributed by atoms with Gasteiger partial charge in [-0.25, -0.2) is 4.98 Å². The van der Waals surface area contributed by atoms with E-state index in [0.29, 0.717) is 19.3 Å². The summed E-state index contributed by atoms with van der Waals surface area (Å²) < 4.78 is 0.932. The highest BCUT2D eigenvalue weighted by atomic mass is 32.2. The Balaban J connectivity index is 1.88. The molecule has 0 aliphatic heterocycles. The van der Waals surface area contributed by atoms with Crippen LogP contribution < -0.4 is 0 Å². The second-order valence-electron chi connectivity index (χ2n) is 4.47. The van der Waals surface area contributed by atoms with Crippen LogP contribution in [0.15, 0.2) is 4.34 Å². The molecule has 1 aromatic heterocycles. The number of aromatic nitrogens is 1. The van der Waals surface area contributed by atoms with E-state index < -0.39 is 11.9 Å². The molecule has 0 aromatic carbocycles. The van der Waals surface area contributed by atoms with Gasteiger partial charge in [-0.05, 0) is 25.7 Å². The molecule has 0 bridgehead atoms. The fourth-order valence-electron chi connectivity index (χ4n) is 2.01. The van der Waals surface area contributed by atoms with Gasteiger partial charge in [0.05, 0.1) is 11.6 Å². The van der Waals surface area contributed by atoms with E-state index in [9.17, 15) is 9.59 Å². The summed E-state index contributed by atoms with van der Waals surface area (Å²) in [5.41, 5.74) is 1.03. The zero-order chi connectivity index (χ0) is 13.8. The van der Waals surface area contributed by atoms with Gasteiger partial charge in [-0.15, -0.1) is 11.3 Å². The lowest BCUT2D eigenvalue weighted by molar-refractivity contribution is -0.142. The molecule has 1 aliphatic carbocycles. The highest BCUT2D eigenvalue weighted by Gasteiger charge is 2.27. The number of hydrogen-bond acceptors (Lipinski definition) is 5. The van der Waals surface area contributed by atoms with Crippen LogP contribution >= 0.6 is 23.1 Å². The lowest BCUT2D eigenvalue weighted by atomic mass is 9.91. The second-order valence-corrected chi connectivity index (χ2v) is 6.90. The molecule has 2 N–H and O–H groups in total. The molecular formula is C12H15NO4S2. The Morgan fingerprint density at radius 3 is 2.89 bits per heavy atom. The predicted octanol–water partition coefficient (Wildman–Crippen LogP) is 2.29. The van der Waals surface area contributed by atoms with Crippen molar-refractivity contribution in [3.05, 3.63) is 10.6 Å². The van der Waals surface area contributed by atoms with Crippen molar-refractivity contribution in [2.24, 2.45) is 5.92 Å². The van der Waals surface area contributed by atoms with Crippen LogP contribution in [0.3, 0.4) is 0 Å². The summed E-state index contributed by atoms with van der Waals surface area (Å²) in [6.07, 6.45) is 2.78. The minimum absolute atomic E-state index is 0.180. The van der Waals surface area contributed by atoms with Crippen LogP contribution in [0.4, 0.5) is 0 Å². The van der Waals surface area contributed by atoms with Crippen molar-refractivity contribution in [3.8, 4) is 0 Å². The summed E-state index contributed by atoms with van der Waals surface area (Å²) in [6, 6.07) is 0. The lowest BCUT2D eigenvalue weighted by Crippen LogP contribution is -2.21. The molecule has 0 saturated carbocycles. The number of carboxylic acids is 2. The SMILES string of the molecule is O=C(O)CCCSc1nc2c(s1)CC(C(=O)O)CC2. The second kappa shape index (κ2) is 6.38. The fourth-order valence-corrected chi connectivity index (χ4v) is 4.35. The summed E-state index contributed by atoms with van der Waals surface area (Å²) in [7, 11) is 0. The van der Waals surface area contributed by atoms with Gasteiger partial charge < -0.3 is 10.2 Å². The minimum atomic E-state index is -0.775. The maximum Gasteiger partial charge on any atom is 0.306 e. The van der Waals surface area contributed by atoms with Crippen molar-refractivity contribution in [1.82, 2.24) is 4.98 Å². The van der Waals surface area contributed by atoms with Gasteiger partial charge >= 0.3 is 11.9 Å². The summed E-state index contributed by atoms with van der Waals surface area (Å²) in [6.45, 7) is 0. The number of nitrogens with zero attached hydrogens (tertiary/aromatic N) is 1. The van der Waals surface area contributed by atoms with Crippen LogP contribution in [-0.4, -0.2) is 32.9 Å². The Morgan fingerprint density at radius 2 is 2.21 bits per heavy atom. The van der Waals surface area contributed by atoms with E-state index in [-0.39, 0.29) is 12.3 Å². The van der Waals surface area contributed by atoms with Crippen molar-refractivity contribution in [1.29, 1.82) is 0 Å². The number of hydrogen-bond donors (Lipinski definition) is 2. The molecule has 19 heavy (non-hydrogen) atoms. The van der Waals surface area contributed by atoms with Crippen molar-refractivity contribution >= 4 is 35.0 Å². The predicted molar refractivity (Wildman–Crippen MR) is 72.9 cm³/mol. The summed E-state index contributed by atoms with van der Waals surface area (Å²) in [5, 5.41) is 17.6. The fraction of sp³-hybridized carbons (Fsp3) is 0.583. The molecule has 0 spiro atoms. The van der Waals surface area contributed by atoms with E-state index >= 15 is 0 Å². The highest BCUT2D eigenvalue weighted by molar-refractivity contribution is 8.01. The smallest absolute Gasteiger partial charge is 0.306 e. The van der Waals surface area contributed by atoms with Gasteiger partial charge in [0, 0.05) is 17.1 Å². The Hall–Kier alpha value is -1.08. The molecular weight excluding hydrogens is 286 g/mol. The van der Waals surface area contributed by atoms with E-state index in [0.717, 1.165) is 27.1 Å². The number of thioether (sulfide) groups is 1. The van der Waals surface area contributed by atoms with Crippen LogP contribution in [-0.2, 0) is 22.4 Å². The first-order valence-electron chi connectivity index (χ1n) is 6.12. The van der Waals surface area contributed by atoms with Crippen molar-refractivity contribution < 1.29 is 19.8 Å². The van der Waals surface area contributed by atoms with Crippen LogP contribution in [0.2, 0.25) is 0 Å². The number of carbonyl (C=O) groups is 2. The number of aryl methyl sites for hydroxylation is 1. The topological polar surface area (TPSA) is 87.5 Å². The average Bonchev–Trinajstić information content (AvgIpc) is 2.75. The van der Waals surface area contributed by atoms with E-state index in [4.69, 9.17) is 10.2 Å². The molecule has 7 heteroatoms. The Labute approximate surface area is 119 Å². The highest BCUT2D eigenvalue weighted by Crippen LogP contribution is 2.34. The number of rotatable bonds is 6. The van der Waals surface area contributed by atoms with E-state index in [1.54, 1.807) is 23.1 Å². The first-order valence-corrected chi connectivity index (χ1v) is 7.92. The minimum Gasteiger partial charge on any atom is -0.481 e. The van der Waals surface area contributed by atoms with Gasteiger partial charge in [0.1, 0.15) is 4.34 Å². The number of fused-ring (bicyclic) bond motifs is 1. The molecule has 1 aliphatic rings. The van der Waals surface area contributed by atoms with Gasteiger partial charge in [0.25, 0.3) is 0 Å². The molecule has 5 nitrogen and oxygen atoms in total. The molecule has 1 unspecified atom stereocenters. The largest absolute Gasteiger partial charge is 0.481 e. The van der Waals surface area contributed by atoms with Gasteiger partial charge in [-0.2, -0.15) is 0 Å². The zero-order valence-corrected chi connectivity index (χ0v) is 11.9. The maximum absolute atomic E-state index is 11.0. The van der Waals surface area contributed by atoms with Crippen molar-refractivity contribution in [2.45, 2.75) is 36.4 Å². The standard InChI is InChI=1S/C12H15NO4S2/c14-10(15)2-1-5-18-12-13-8-4-3-7(11(16)17)6-9(8)19-12/h7H,1-6H2,(H,14,15)(H,16,17). The molecule has 0 amide bonds. The first-order chi connectivity index (χ1) is 9.06. The zero-order valence-electron chi connectivity index (χ0n) is 10.3. The summed E-state index contributed by atoms with van der Waals surface area (Å²) >= 11 is 3.12. The molecule has 0 radical (unpaired) electrons. The van der Waals surface area contributed by atoms with Crippen molar-refractivity contribution in [3.63, 3.8) is 0 Å². The third kappa shape index (κ3) is 3.94. The van der Waals surface area contributed by atoms with Crippen LogP contribution in [0, 0.1) is 5.92 Å². The van der Waals surface area contributed by atoms with Crippen LogP contribution in [0.5, 0.6) is 0 Å². The van der Waals surface area contributed by atoms with E-state index in [2.05, 4.69) is 4.98 Å². The number of thiazole rings is 1. The molecule has 1 heterocycles. The van der Waals surface area contributed by atoms with Gasteiger partial charge in [-0.1, -0.05) is 11.8 Å². The quantitative estimate of drug-likeness (QED) is 0.619. The van der Waals surface area contributed by atoms with Gasteiger partial charge in [-0.3, -0.25) is 9.59 Å². The number of carboxylic acid groups (broad SMARTS) is 2. The van der Waals surface area contributed by atoms with E-state index in [1.165, 1.54) is 0 Å². The lowest BCUT2D eigenvalue weighted by Gasteiger charge is -2.16. The van der Waals surface area contributed by atoms with Crippen LogP contribution in [0.1, 0.15) is 29.8 Å². The third-order valence-corrected chi connectivity index (χ3v) is 5.38. The monoisotopic (exact) mass is 301 g/mol. The Morgan fingerprint density at radius 1 is 1.42 bits per heavy atom. The van der Waals surface area contributed by atoms with Crippen molar-refractivity contribution in [2.75, 3.05) is 5.75 Å². The Bertz CT molecular complexity index is 486. The molecule has 0 saturated heterocycles. The molecule has 0 fully saturated rings. The molecule has 1 atom stereocenters. The van der Waals surface area contributed by atoms with E-state index in [1.807, 2.05) is 0 Å². The average molecular weight is 301 g/mol. The first kappa shape index (κ1) is 14.3. The van der Waals surface area contributed by atoms with Crippen LogP contribution in [0.25, 0.3) is 0 Å². The number of aliphatic carboxylic acids is 2. The molecule has 2 rings (SSSR count). The van der Waals surface area contributed by atoms with Gasteiger partial charge in [0.2, 0.25) is 0 Å².